The zero-order valence-corrected chi connectivity index (χ0v) is 20.3. The van der Waals surface area contributed by atoms with Crippen LogP contribution in [0.1, 0.15) is 45.1 Å². The third-order valence-corrected chi connectivity index (χ3v) is 4.85. The van der Waals surface area contributed by atoms with Gasteiger partial charge in [0.2, 0.25) is 0 Å². The molecule has 1 aromatic rings. The lowest BCUT2D eigenvalue weighted by atomic mass is 10.1. The molecule has 35 heavy (non-hydrogen) atoms. The SMILES string of the molecule is CCCCOC(=O)N(CCOCCCC(F)(F)F)CCOc1ccc(CC(OCC)C(=O)O)cc1. The first-order valence-corrected chi connectivity index (χ1v) is 11.8. The number of unbranched alkanes of at least 4 members (excludes halogenated alkanes) is 1. The molecule has 0 spiro atoms. The van der Waals surface area contributed by atoms with Crippen molar-refractivity contribution in [1.82, 2.24) is 4.90 Å². The molecule has 0 bridgehead atoms. The van der Waals surface area contributed by atoms with Crippen molar-refractivity contribution in [2.45, 2.75) is 58.2 Å². The average molecular weight is 508 g/mol. The molecule has 1 aromatic carbocycles. The first kappa shape index (κ1) is 30.5. The highest BCUT2D eigenvalue weighted by Gasteiger charge is 2.26. The summed E-state index contributed by atoms with van der Waals surface area (Å²) < 4.78 is 58.0. The van der Waals surface area contributed by atoms with Crippen LogP contribution >= 0.6 is 0 Å². The number of rotatable bonds is 18. The Balaban J connectivity index is 2.51. The summed E-state index contributed by atoms with van der Waals surface area (Å²) in [6, 6.07) is 6.90. The van der Waals surface area contributed by atoms with Crippen molar-refractivity contribution < 1.29 is 46.8 Å². The molecule has 200 valence electrons. The Labute approximate surface area is 204 Å². The summed E-state index contributed by atoms with van der Waals surface area (Å²) in [5.41, 5.74) is 0.780. The second-order valence-corrected chi connectivity index (χ2v) is 7.76. The van der Waals surface area contributed by atoms with Gasteiger partial charge in [-0.15, -0.1) is 0 Å². The van der Waals surface area contributed by atoms with Gasteiger partial charge < -0.3 is 29.0 Å². The maximum Gasteiger partial charge on any atom is 0.409 e. The highest BCUT2D eigenvalue weighted by molar-refractivity contribution is 5.72. The Morgan fingerprint density at radius 2 is 1.69 bits per heavy atom. The van der Waals surface area contributed by atoms with E-state index in [4.69, 9.17) is 18.9 Å². The van der Waals surface area contributed by atoms with E-state index < -0.39 is 30.8 Å². The number of carbonyl (C=O) groups excluding carboxylic acids is 1. The molecule has 1 unspecified atom stereocenters. The van der Waals surface area contributed by atoms with E-state index in [1.54, 1.807) is 31.2 Å². The Morgan fingerprint density at radius 3 is 2.29 bits per heavy atom. The zero-order chi connectivity index (χ0) is 26.1. The van der Waals surface area contributed by atoms with Gasteiger partial charge in [-0.1, -0.05) is 25.5 Å². The number of ether oxygens (including phenoxy) is 4. The number of nitrogens with zero attached hydrogens (tertiary/aromatic N) is 1. The Hall–Kier alpha value is -2.53. The maximum atomic E-state index is 12.4. The van der Waals surface area contributed by atoms with E-state index in [-0.39, 0.29) is 52.4 Å². The minimum absolute atomic E-state index is 0.0485. The van der Waals surface area contributed by atoms with Crippen LogP contribution in [0.4, 0.5) is 18.0 Å². The molecule has 0 radical (unpaired) electrons. The molecule has 0 saturated heterocycles. The number of hydrogen-bond acceptors (Lipinski definition) is 6. The molecule has 1 atom stereocenters. The lowest BCUT2D eigenvalue weighted by molar-refractivity contribution is -0.150. The van der Waals surface area contributed by atoms with Crippen LogP contribution < -0.4 is 4.74 Å². The average Bonchev–Trinajstić information content (AvgIpc) is 2.80. The van der Waals surface area contributed by atoms with Crippen LogP contribution in [0.15, 0.2) is 24.3 Å². The van der Waals surface area contributed by atoms with Crippen LogP contribution in [-0.4, -0.2) is 80.5 Å². The molecule has 0 fully saturated rings. The van der Waals surface area contributed by atoms with Gasteiger partial charge in [-0.3, -0.25) is 0 Å². The van der Waals surface area contributed by atoms with E-state index in [2.05, 4.69) is 0 Å². The first-order chi connectivity index (χ1) is 16.7. The van der Waals surface area contributed by atoms with Gasteiger partial charge in [-0.25, -0.2) is 9.59 Å². The highest BCUT2D eigenvalue weighted by atomic mass is 19.4. The quantitative estimate of drug-likeness (QED) is 0.288. The van der Waals surface area contributed by atoms with Crippen molar-refractivity contribution >= 4 is 12.1 Å². The summed E-state index contributed by atoms with van der Waals surface area (Å²) in [5, 5.41) is 9.19. The number of aliphatic carboxylic acids is 1. The molecular formula is C24H36F3NO7. The molecule has 0 aliphatic rings. The summed E-state index contributed by atoms with van der Waals surface area (Å²) in [6.45, 7) is 4.83. The van der Waals surface area contributed by atoms with E-state index in [1.165, 1.54) is 4.90 Å². The highest BCUT2D eigenvalue weighted by Crippen LogP contribution is 2.21. The smallest absolute Gasteiger partial charge is 0.409 e. The standard InChI is InChI=1S/C24H36F3NO7/c1-3-5-15-35-23(31)28(12-16-32-14-6-11-24(25,26)27)13-17-34-20-9-7-19(8-10-20)18-21(22(29)30)33-4-2/h7-10,21H,3-6,11-18H2,1-2H3,(H,29,30). The van der Waals surface area contributed by atoms with E-state index in [9.17, 15) is 27.9 Å². The fourth-order valence-electron chi connectivity index (χ4n) is 2.97. The lowest BCUT2D eigenvalue weighted by Gasteiger charge is -2.22. The van der Waals surface area contributed by atoms with Crippen LogP contribution in [0, 0.1) is 0 Å². The van der Waals surface area contributed by atoms with Crippen LogP contribution in [0.5, 0.6) is 5.75 Å². The molecule has 0 saturated carbocycles. The summed E-state index contributed by atoms with van der Waals surface area (Å²) in [4.78, 5) is 25.0. The van der Waals surface area contributed by atoms with Gasteiger partial charge in [-0.2, -0.15) is 13.2 Å². The third-order valence-electron chi connectivity index (χ3n) is 4.85. The second kappa shape index (κ2) is 17.0. The molecule has 1 amide bonds. The van der Waals surface area contributed by atoms with E-state index in [0.717, 1.165) is 18.4 Å². The minimum Gasteiger partial charge on any atom is -0.492 e. The van der Waals surface area contributed by atoms with Crippen molar-refractivity contribution in [2.75, 3.05) is 46.1 Å². The van der Waals surface area contributed by atoms with Crippen molar-refractivity contribution in [3.8, 4) is 5.75 Å². The van der Waals surface area contributed by atoms with Gasteiger partial charge in [0.1, 0.15) is 12.4 Å². The largest absolute Gasteiger partial charge is 0.492 e. The van der Waals surface area contributed by atoms with E-state index in [0.29, 0.717) is 12.4 Å². The summed E-state index contributed by atoms with van der Waals surface area (Å²) in [7, 11) is 0. The van der Waals surface area contributed by atoms with Crippen LogP contribution in [0.3, 0.4) is 0 Å². The predicted octanol–water partition coefficient (Wildman–Crippen LogP) is 4.70. The first-order valence-electron chi connectivity index (χ1n) is 11.8. The minimum atomic E-state index is -4.21. The molecule has 1 rings (SSSR count). The number of carboxylic acids is 1. The number of carbonyl (C=O) groups is 2. The van der Waals surface area contributed by atoms with Crippen molar-refractivity contribution in [3.05, 3.63) is 29.8 Å². The lowest BCUT2D eigenvalue weighted by Crippen LogP contribution is -2.37. The molecule has 0 aliphatic carbocycles. The molecule has 1 N–H and O–H groups in total. The third kappa shape index (κ3) is 14.5. The molecule has 0 aromatic heterocycles. The van der Waals surface area contributed by atoms with Crippen LogP contribution in [-0.2, 0) is 25.4 Å². The Bertz CT molecular complexity index is 729. The summed E-state index contributed by atoms with van der Waals surface area (Å²) in [5.74, 6) is -0.484. The van der Waals surface area contributed by atoms with Gasteiger partial charge in [-0.05, 0) is 37.5 Å². The molecule has 8 nitrogen and oxygen atoms in total. The fourth-order valence-corrected chi connectivity index (χ4v) is 2.97. The van der Waals surface area contributed by atoms with Crippen molar-refractivity contribution in [3.63, 3.8) is 0 Å². The number of halogens is 3. The Kier molecular flexibility index (Phi) is 14.8. The van der Waals surface area contributed by atoms with Crippen LogP contribution in [0.25, 0.3) is 0 Å². The fraction of sp³-hybridized carbons (Fsp3) is 0.667. The summed E-state index contributed by atoms with van der Waals surface area (Å²) >= 11 is 0. The number of hydrogen-bond donors (Lipinski definition) is 1. The van der Waals surface area contributed by atoms with Gasteiger partial charge in [0.15, 0.2) is 6.10 Å². The molecule has 0 aliphatic heterocycles. The van der Waals surface area contributed by atoms with E-state index >= 15 is 0 Å². The zero-order valence-electron chi connectivity index (χ0n) is 20.3. The number of alkyl halides is 3. The number of amides is 1. The van der Waals surface area contributed by atoms with E-state index in [1.807, 2.05) is 6.92 Å². The Morgan fingerprint density at radius 1 is 1.00 bits per heavy atom. The monoisotopic (exact) mass is 507 g/mol. The normalized spacial score (nSPS) is 12.3. The predicted molar refractivity (Wildman–Crippen MR) is 123 cm³/mol. The van der Waals surface area contributed by atoms with Crippen molar-refractivity contribution in [2.24, 2.45) is 0 Å². The number of benzene rings is 1. The molecular weight excluding hydrogens is 471 g/mol. The van der Waals surface area contributed by atoms with Crippen LogP contribution in [0.2, 0.25) is 0 Å². The van der Waals surface area contributed by atoms with Gasteiger partial charge in [0, 0.05) is 32.6 Å². The molecule has 0 heterocycles. The number of carboxylic acid groups (broad SMARTS) is 1. The van der Waals surface area contributed by atoms with Crippen molar-refractivity contribution in [1.29, 1.82) is 0 Å². The second-order valence-electron chi connectivity index (χ2n) is 7.76. The summed E-state index contributed by atoms with van der Waals surface area (Å²) in [6.07, 6.45) is -4.90. The van der Waals surface area contributed by atoms with Gasteiger partial charge in [0.05, 0.1) is 19.8 Å². The van der Waals surface area contributed by atoms with Gasteiger partial charge in [0.25, 0.3) is 0 Å². The topological polar surface area (TPSA) is 94.5 Å². The van der Waals surface area contributed by atoms with Gasteiger partial charge >= 0.3 is 18.2 Å². The maximum absolute atomic E-state index is 12.4. The molecule has 11 heteroatoms.